The van der Waals surface area contributed by atoms with E-state index in [1.54, 1.807) is 12.1 Å². The maximum Gasteiger partial charge on any atom is 0.313 e. The third-order valence-corrected chi connectivity index (χ3v) is 3.01. The minimum absolute atomic E-state index is 0.0514. The van der Waals surface area contributed by atoms with Gasteiger partial charge in [-0.2, -0.15) is 5.10 Å². The molecule has 1 heterocycles. The average Bonchev–Trinajstić information content (AvgIpc) is 2.52. The lowest BCUT2D eigenvalue weighted by Gasteiger charge is -2.13. The molecule has 1 aromatic carbocycles. The number of nitrogens with zero attached hydrogens (tertiary/aromatic N) is 2. The predicted molar refractivity (Wildman–Crippen MR) is 76.3 cm³/mol. The number of ether oxygens (including phenoxy) is 1. The van der Waals surface area contributed by atoms with Crippen molar-refractivity contribution >= 4 is 11.8 Å². The molecule has 0 amide bonds. The fourth-order valence-corrected chi connectivity index (χ4v) is 1.89. The Kier molecular flexibility index (Phi) is 5.35. The van der Waals surface area contributed by atoms with Crippen LogP contribution in [0.25, 0.3) is 0 Å². The summed E-state index contributed by atoms with van der Waals surface area (Å²) >= 11 is 0. The SMILES string of the molecule is C[C@H](C(=O)OCCNc1cccnn1)c1c(F)cccc1F. The number of aromatic nitrogens is 2. The quantitative estimate of drug-likeness (QED) is 0.656. The molecule has 0 spiro atoms. The summed E-state index contributed by atoms with van der Waals surface area (Å²) in [5, 5.41) is 10.4. The van der Waals surface area contributed by atoms with Gasteiger partial charge in [0.1, 0.15) is 24.1 Å². The van der Waals surface area contributed by atoms with E-state index in [2.05, 4.69) is 15.5 Å². The van der Waals surface area contributed by atoms with Crippen LogP contribution in [0.15, 0.2) is 36.5 Å². The molecule has 0 aliphatic carbocycles. The monoisotopic (exact) mass is 307 g/mol. The van der Waals surface area contributed by atoms with E-state index in [0.29, 0.717) is 12.4 Å². The van der Waals surface area contributed by atoms with Crippen LogP contribution in [0.3, 0.4) is 0 Å². The molecule has 1 aromatic heterocycles. The van der Waals surface area contributed by atoms with Crippen LogP contribution in [0.1, 0.15) is 18.4 Å². The van der Waals surface area contributed by atoms with Crippen molar-refractivity contribution in [2.24, 2.45) is 0 Å². The standard InChI is InChI=1S/C15H15F2N3O2/c1-10(14-11(16)4-2-5-12(14)17)15(21)22-9-8-18-13-6-3-7-19-20-13/h2-7,10H,8-9H2,1H3,(H,18,20)/t10-/m0/s1. The second-order valence-electron chi connectivity index (χ2n) is 4.56. The second kappa shape index (κ2) is 7.44. The Labute approximate surface area is 126 Å². The van der Waals surface area contributed by atoms with Crippen molar-refractivity contribution < 1.29 is 18.3 Å². The van der Waals surface area contributed by atoms with Crippen LogP contribution in [0.5, 0.6) is 0 Å². The normalized spacial score (nSPS) is 11.8. The first kappa shape index (κ1) is 15.8. The largest absolute Gasteiger partial charge is 0.463 e. The average molecular weight is 307 g/mol. The Morgan fingerprint density at radius 3 is 2.64 bits per heavy atom. The highest BCUT2D eigenvalue weighted by atomic mass is 19.1. The highest BCUT2D eigenvalue weighted by molar-refractivity contribution is 5.77. The van der Waals surface area contributed by atoms with Crippen molar-refractivity contribution in [2.75, 3.05) is 18.5 Å². The van der Waals surface area contributed by atoms with Gasteiger partial charge in [-0.1, -0.05) is 6.07 Å². The van der Waals surface area contributed by atoms with Crippen LogP contribution in [0.2, 0.25) is 0 Å². The molecule has 0 aliphatic rings. The van der Waals surface area contributed by atoms with E-state index >= 15 is 0 Å². The molecule has 0 radical (unpaired) electrons. The van der Waals surface area contributed by atoms with Crippen molar-refractivity contribution in [3.8, 4) is 0 Å². The van der Waals surface area contributed by atoms with Gasteiger partial charge in [0.2, 0.25) is 0 Å². The molecule has 116 valence electrons. The lowest BCUT2D eigenvalue weighted by Crippen LogP contribution is -2.20. The number of hydrogen-bond acceptors (Lipinski definition) is 5. The van der Waals surface area contributed by atoms with E-state index < -0.39 is 23.5 Å². The molecule has 0 saturated carbocycles. The van der Waals surface area contributed by atoms with Crippen LogP contribution in [-0.4, -0.2) is 29.3 Å². The summed E-state index contributed by atoms with van der Waals surface area (Å²) in [5.74, 6) is -2.68. The van der Waals surface area contributed by atoms with Gasteiger partial charge in [0, 0.05) is 11.8 Å². The Morgan fingerprint density at radius 2 is 2.00 bits per heavy atom. The fourth-order valence-electron chi connectivity index (χ4n) is 1.89. The van der Waals surface area contributed by atoms with E-state index in [9.17, 15) is 13.6 Å². The third kappa shape index (κ3) is 3.97. The molecule has 0 aliphatic heterocycles. The van der Waals surface area contributed by atoms with E-state index in [4.69, 9.17) is 4.74 Å². The Hall–Kier alpha value is -2.57. The van der Waals surface area contributed by atoms with Gasteiger partial charge >= 0.3 is 5.97 Å². The topological polar surface area (TPSA) is 64.1 Å². The minimum Gasteiger partial charge on any atom is -0.463 e. The molecule has 0 bridgehead atoms. The van der Waals surface area contributed by atoms with Gasteiger partial charge in [0.15, 0.2) is 0 Å². The predicted octanol–water partition coefficient (Wildman–Crippen LogP) is 2.51. The first-order valence-corrected chi connectivity index (χ1v) is 6.71. The number of rotatable bonds is 6. The number of hydrogen-bond donors (Lipinski definition) is 1. The Morgan fingerprint density at radius 1 is 1.27 bits per heavy atom. The summed E-state index contributed by atoms with van der Waals surface area (Å²) in [6.07, 6.45) is 1.54. The molecule has 1 atom stereocenters. The van der Waals surface area contributed by atoms with E-state index in [1.165, 1.54) is 19.2 Å². The molecule has 7 heteroatoms. The minimum atomic E-state index is -1.02. The first-order valence-electron chi connectivity index (χ1n) is 6.71. The zero-order chi connectivity index (χ0) is 15.9. The van der Waals surface area contributed by atoms with Crippen molar-refractivity contribution in [1.29, 1.82) is 0 Å². The van der Waals surface area contributed by atoms with E-state index in [0.717, 1.165) is 12.1 Å². The molecule has 22 heavy (non-hydrogen) atoms. The number of nitrogens with one attached hydrogen (secondary N) is 1. The number of esters is 1. The van der Waals surface area contributed by atoms with E-state index in [-0.39, 0.29) is 12.2 Å². The summed E-state index contributed by atoms with van der Waals surface area (Å²) in [5.41, 5.74) is -0.283. The first-order chi connectivity index (χ1) is 10.6. The molecular formula is C15H15F2N3O2. The van der Waals surface area contributed by atoms with Gasteiger partial charge < -0.3 is 10.1 Å². The number of carbonyl (C=O) groups is 1. The molecule has 0 saturated heterocycles. The van der Waals surface area contributed by atoms with Crippen molar-refractivity contribution in [1.82, 2.24) is 10.2 Å². The van der Waals surface area contributed by atoms with E-state index in [1.807, 2.05) is 0 Å². The highest BCUT2D eigenvalue weighted by Gasteiger charge is 2.23. The van der Waals surface area contributed by atoms with Crippen molar-refractivity contribution in [3.05, 3.63) is 53.7 Å². The zero-order valence-electron chi connectivity index (χ0n) is 11.9. The summed E-state index contributed by atoms with van der Waals surface area (Å²) < 4.78 is 32.2. The lowest BCUT2D eigenvalue weighted by molar-refractivity contribution is -0.144. The van der Waals surface area contributed by atoms with Gasteiger partial charge in [-0.05, 0) is 31.2 Å². The summed E-state index contributed by atoms with van der Waals surface area (Å²) in [4.78, 5) is 11.8. The van der Waals surface area contributed by atoms with Crippen LogP contribution >= 0.6 is 0 Å². The van der Waals surface area contributed by atoms with Crippen LogP contribution in [0.4, 0.5) is 14.6 Å². The maximum absolute atomic E-state index is 13.6. The number of halogens is 2. The fraction of sp³-hybridized carbons (Fsp3) is 0.267. The van der Waals surface area contributed by atoms with Gasteiger partial charge in [0.05, 0.1) is 12.5 Å². The Balaban J connectivity index is 1.84. The molecule has 2 rings (SSSR count). The smallest absolute Gasteiger partial charge is 0.313 e. The zero-order valence-corrected chi connectivity index (χ0v) is 11.9. The molecule has 2 aromatic rings. The van der Waals surface area contributed by atoms with Gasteiger partial charge in [-0.25, -0.2) is 8.78 Å². The van der Waals surface area contributed by atoms with Crippen molar-refractivity contribution in [2.45, 2.75) is 12.8 Å². The molecule has 1 N–H and O–H groups in total. The molecule has 5 nitrogen and oxygen atoms in total. The van der Waals surface area contributed by atoms with Gasteiger partial charge in [-0.15, -0.1) is 5.10 Å². The second-order valence-corrected chi connectivity index (χ2v) is 4.56. The molecular weight excluding hydrogens is 292 g/mol. The number of benzene rings is 1. The van der Waals surface area contributed by atoms with Crippen LogP contribution in [0, 0.1) is 11.6 Å². The molecule has 0 fully saturated rings. The Bertz CT molecular complexity index is 618. The maximum atomic E-state index is 13.6. The number of carbonyl (C=O) groups excluding carboxylic acids is 1. The van der Waals surface area contributed by atoms with Crippen molar-refractivity contribution in [3.63, 3.8) is 0 Å². The summed E-state index contributed by atoms with van der Waals surface area (Å²) in [6.45, 7) is 1.77. The summed E-state index contributed by atoms with van der Waals surface area (Å²) in [6, 6.07) is 6.89. The van der Waals surface area contributed by atoms with Crippen LogP contribution in [-0.2, 0) is 9.53 Å². The highest BCUT2D eigenvalue weighted by Crippen LogP contribution is 2.23. The summed E-state index contributed by atoms with van der Waals surface area (Å²) in [7, 11) is 0. The lowest BCUT2D eigenvalue weighted by atomic mass is 10.0. The van der Waals surface area contributed by atoms with Gasteiger partial charge in [-0.3, -0.25) is 4.79 Å². The third-order valence-electron chi connectivity index (χ3n) is 3.01. The van der Waals surface area contributed by atoms with Crippen LogP contribution < -0.4 is 5.32 Å². The van der Waals surface area contributed by atoms with Gasteiger partial charge in [0.25, 0.3) is 0 Å². The molecule has 0 unspecified atom stereocenters. The number of anilines is 1.